The molecule has 2 aliphatic heterocycles. The van der Waals surface area contributed by atoms with E-state index in [-0.39, 0.29) is 41.8 Å². The Labute approximate surface area is 252 Å². The fourth-order valence-electron chi connectivity index (χ4n) is 5.81. The summed E-state index contributed by atoms with van der Waals surface area (Å²) in [5.74, 6) is -0.864. The van der Waals surface area contributed by atoms with Gasteiger partial charge in [-0.1, -0.05) is 32.0 Å². The highest BCUT2D eigenvalue weighted by atomic mass is 35.5. The molecule has 2 aromatic rings. The summed E-state index contributed by atoms with van der Waals surface area (Å²) in [6.45, 7) is 7.09. The highest BCUT2D eigenvalue weighted by molar-refractivity contribution is 6.29. The summed E-state index contributed by atoms with van der Waals surface area (Å²) in [5.41, 5.74) is 1.76. The van der Waals surface area contributed by atoms with Crippen LogP contribution >= 0.6 is 11.6 Å². The number of piperidine rings is 1. The number of methoxy groups -OCH3 is 1. The summed E-state index contributed by atoms with van der Waals surface area (Å²) in [6, 6.07) is 9.05. The third kappa shape index (κ3) is 7.62. The predicted octanol–water partition coefficient (Wildman–Crippen LogP) is 3.82. The minimum Gasteiger partial charge on any atom is -0.465 e. The summed E-state index contributed by atoms with van der Waals surface area (Å²) in [5, 5.41) is 10.2. The largest absolute Gasteiger partial charge is 0.465 e. The third-order valence-corrected chi connectivity index (χ3v) is 8.05. The van der Waals surface area contributed by atoms with Gasteiger partial charge in [-0.2, -0.15) is 0 Å². The van der Waals surface area contributed by atoms with Gasteiger partial charge >= 0.3 is 6.09 Å². The number of hydrogen-bond donors (Lipinski definition) is 1. The van der Waals surface area contributed by atoms with E-state index in [1.807, 2.05) is 48.7 Å². The normalized spacial score (nSPS) is 19.3. The van der Waals surface area contributed by atoms with Crippen molar-refractivity contribution in [1.29, 1.82) is 0 Å². The van der Waals surface area contributed by atoms with Crippen LogP contribution < -0.4 is 0 Å². The third-order valence-electron chi connectivity index (χ3n) is 7.80. The van der Waals surface area contributed by atoms with Gasteiger partial charge in [-0.3, -0.25) is 14.2 Å². The summed E-state index contributed by atoms with van der Waals surface area (Å²) >= 11 is 6.69. The molecule has 0 aliphatic carbocycles. The van der Waals surface area contributed by atoms with Crippen molar-refractivity contribution in [2.24, 2.45) is 11.8 Å². The van der Waals surface area contributed by atoms with Gasteiger partial charge in [0, 0.05) is 52.1 Å². The molecule has 0 saturated carbocycles. The monoisotopic (exact) mass is 603 g/mol. The number of carbonyl (C=O) groups excluding carboxylic acids is 2. The van der Waals surface area contributed by atoms with Gasteiger partial charge in [-0.15, -0.1) is 0 Å². The second-order valence-electron chi connectivity index (χ2n) is 11.4. The molecule has 230 valence electrons. The molecule has 2 aliphatic rings. The number of morpholine rings is 1. The molecule has 42 heavy (non-hydrogen) atoms. The first-order valence-corrected chi connectivity index (χ1v) is 15.1. The highest BCUT2D eigenvalue weighted by Crippen LogP contribution is 2.29. The molecule has 3 heterocycles. The molecule has 11 nitrogen and oxygen atoms in total. The van der Waals surface area contributed by atoms with Crippen LogP contribution in [-0.2, 0) is 20.7 Å². The fraction of sp³-hybridized carbons (Fsp3) is 0.600. The van der Waals surface area contributed by atoms with Crippen LogP contribution in [0.1, 0.15) is 49.3 Å². The molecular weight excluding hydrogens is 562 g/mol. The second-order valence-corrected chi connectivity index (χ2v) is 11.7. The summed E-state index contributed by atoms with van der Waals surface area (Å²) in [4.78, 5) is 49.4. The number of amides is 3. The van der Waals surface area contributed by atoms with Crippen molar-refractivity contribution < 1.29 is 29.0 Å². The number of carboxylic acid groups (broad SMARTS) is 1. The number of benzene rings is 1. The number of para-hydroxylation sites is 1. The van der Waals surface area contributed by atoms with Gasteiger partial charge in [0.1, 0.15) is 0 Å². The van der Waals surface area contributed by atoms with Gasteiger partial charge in [-0.25, -0.2) is 9.78 Å². The van der Waals surface area contributed by atoms with Crippen molar-refractivity contribution in [1.82, 2.24) is 24.3 Å². The number of rotatable bonds is 11. The van der Waals surface area contributed by atoms with Crippen molar-refractivity contribution in [3.63, 3.8) is 0 Å². The smallest absolute Gasteiger partial charge is 0.407 e. The minimum absolute atomic E-state index is 0.0959. The van der Waals surface area contributed by atoms with E-state index in [0.29, 0.717) is 58.0 Å². The number of halogens is 1. The topological polar surface area (TPSA) is 117 Å². The average Bonchev–Trinajstić information content (AvgIpc) is 3.33. The van der Waals surface area contributed by atoms with Gasteiger partial charge in [0.05, 0.1) is 30.9 Å². The number of unbranched alkanes of at least 4 members (excludes halogenated alkanes) is 1. The van der Waals surface area contributed by atoms with Gasteiger partial charge in [-0.05, 0) is 55.3 Å². The molecule has 2 fully saturated rings. The number of ether oxygens (including phenoxy) is 2. The Kier molecular flexibility index (Phi) is 11.2. The first-order chi connectivity index (χ1) is 20.2. The lowest BCUT2D eigenvalue weighted by atomic mass is 9.91. The second kappa shape index (κ2) is 14.8. The Bertz CT molecular complexity index is 1220. The number of hydrogen-bond acceptors (Lipinski definition) is 6. The van der Waals surface area contributed by atoms with Crippen LogP contribution in [0.2, 0.25) is 5.28 Å². The number of likely N-dealkylation sites (tertiary alicyclic amines) is 1. The standard InChI is InChI=1S/C30H42ClN5O6/c1-21(2)18-35(24-17-22(19-34(20-24)30(39)40)27(37)33-12-15-42-16-13-33)28(38)26-25(11-7-8-14-41-3)36(29(31)32-26)23-9-5-4-6-10-23/h4-6,9-10,21-22,24H,7-8,11-20H2,1-3H3,(H,39,40)/t22-,24+/m1/s1. The maximum absolute atomic E-state index is 14.4. The molecule has 2 atom stereocenters. The van der Waals surface area contributed by atoms with E-state index < -0.39 is 18.1 Å². The van der Waals surface area contributed by atoms with Crippen LogP contribution in [0.4, 0.5) is 4.79 Å². The number of aromatic nitrogens is 2. The maximum atomic E-state index is 14.4. The lowest BCUT2D eigenvalue weighted by Gasteiger charge is -2.43. The van der Waals surface area contributed by atoms with Gasteiger partial charge < -0.3 is 29.3 Å². The van der Waals surface area contributed by atoms with Crippen LogP contribution in [0.3, 0.4) is 0 Å². The van der Waals surface area contributed by atoms with E-state index >= 15 is 0 Å². The molecule has 12 heteroatoms. The molecule has 0 bridgehead atoms. The van der Waals surface area contributed by atoms with E-state index in [9.17, 15) is 19.5 Å². The molecule has 0 unspecified atom stereocenters. The van der Waals surface area contributed by atoms with Crippen LogP contribution in [-0.4, -0.2) is 113 Å². The lowest BCUT2D eigenvalue weighted by molar-refractivity contribution is -0.142. The Morgan fingerprint density at radius 1 is 1.12 bits per heavy atom. The van der Waals surface area contributed by atoms with E-state index in [1.54, 1.807) is 16.9 Å². The minimum atomic E-state index is -1.10. The SMILES string of the molecule is COCCCCc1c(C(=O)N(CC(C)C)[C@H]2C[C@@H](C(=O)N3CCOCC3)CN(C(=O)O)C2)nc(Cl)n1-c1ccccc1. The van der Waals surface area contributed by atoms with E-state index in [1.165, 1.54) is 4.90 Å². The summed E-state index contributed by atoms with van der Waals surface area (Å²) in [7, 11) is 1.66. The molecule has 0 radical (unpaired) electrons. The molecule has 4 rings (SSSR count). The number of imidazole rings is 1. The summed E-state index contributed by atoms with van der Waals surface area (Å²) in [6.07, 6.45) is 1.39. The Morgan fingerprint density at radius 3 is 2.48 bits per heavy atom. The molecule has 3 amide bonds. The van der Waals surface area contributed by atoms with E-state index in [2.05, 4.69) is 4.98 Å². The van der Waals surface area contributed by atoms with Crippen LogP contribution in [0.25, 0.3) is 5.69 Å². The van der Waals surface area contributed by atoms with Crippen molar-refractivity contribution in [3.8, 4) is 5.69 Å². The Morgan fingerprint density at radius 2 is 1.83 bits per heavy atom. The van der Waals surface area contributed by atoms with Crippen LogP contribution in [0.15, 0.2) is 30.3 Å². The lowest BCUT2D eigenvalue weighted by Crippen LogP contribution is -2.58. The Balaban J connectivity index is 1.69. The number of carbonyl (C=O) groups is 3. The van der Waals surface area contributed by atoms with Gasteiger partial charge in [0.25, 0.3) is 5.91 Å². The quantitative estimate of drug-likeness (QED) is 0.388. The molecule has 2 saturated heterocycles. The number of nitrogens with zero attached hydrogens (tertiary/aromatic N) is 5. The summed E-state index contributed by atoms with van der Waals surface area (Å²) < 4.78 is 12.4. The Hall–Kier alpha value is -3.15. The predicted molar refractivity (Wildman–Crippen MR) is 158 cm³/mol. The van der Waals surface area contributed by atoms with Crippen molar-refractivity contribution in [2.75, 3.05) is 59.7 Å². The first kappa shape index (κ1) is 31.8. The fourth-order valence-corrected chi connectivity index (χ4v) is 6.09. The zero-order chi connectivity index (χ0) is 30.2. The van der Waals surface area contributed by atoms with Gasteiger partial charge in [0.2, 0.25) is 11.2 Å². The zero-order valence-corrected chi connectivity index (χ0v) is 25.5. The molecule has 1 aromatic heterocycles. The molecular formula is C30H42ClN5O6. The van der Waals surface area contributed by atoms with Crippen molar-refractivity contribution in [3.05, 3.63) is 47.0 Å². The van der Waals surface area contributed by atoms with Crippen LogP contribution in [0.5, 0.6) is 0 Å². The first-order valence-electron chi connectivity index (χ1n) is 14.7. The average molecular weight is 604 g/mol. The van der Waals surface area contributed by atoms with Crippen LogP contribution in [0, 0.1) is 11.8 Å². The highest BCUT2D eigenvalue weighted by Gasteiger charge is 2.41. The van der Waals surface area contributed by atoms with Crippen molar-refractivity contribution in [2.45, 2.75) is 45.6 Å². The van der Waals surface area contributed by atoms with Gasteiger partial charge in [0.15, 0.2) is 5.69 Å². The van der Waals surface area contributed by atoms with Crippen molar-refractivity contribution >= 4 is 29.5 Å². The molecule has 1 aromatic carbocycles. The van der Waals surface area contributed by atoms with E-state index in [0.717, 1.165) is 18.5 Å². The molecule has 0 spiro atoms. The molecule has 1 N–H and O–H groups in total. The maximum Gasteiger partial charge on any atom is 0.407 e. The van der Waals surface area contributed by atoms with E-state index in [4.69, 9.17) is 21.1 Å². The zero-order valence-electron chi connectivity index (χ0n) is 24.7.